The van der Waals surface area contributed by atoms with Gasteiger partial charge in [-0.05, 0) is 19.5 Å². The summed E-state index contributed by atoms with van der Waals surface area (Å²) in [6.45, 7) is 3.20. The predicted molar refractivity (Wildman–Crippen MR) is 35.8 cm³/mol. The maximum absolute atomic E-state index is 4.26. The van der Waals surface area contributed by atoms with Gasteiger partial charge in [-0.25, -0.2) is 0 Å². The molecule has 1 atom stereocenters. The highest BCUT2D eigenvalue weighted by molar-refractivity contribution is 7.58. The van der Waals surface area contributed by atoms with Crippen LogP contribution in [0, 0.1) is 0 Å². The van der Waals surface area contributed by atoms with Crippen LogP contribution in [0.5, 0.6) is 0 Å². The highest BCUT2D eigenvalue weighted by Gasteiger charge is 1.96. The first kappa shape index (κ1) is 5.24. The molecule has 2 heteroatoms. The van der Waals surface area contributed by atoms with Crippen molar-refractivity contribution in [3.05, 3.63) is 0 Å². The van der Waals surface area contributed by atoms with E-state index >= 15 is 0 Å². The molecule has 0 N–H and O–H groups in total. The Balaban J connectivity index is 2.40. The fraction of sp³-hybridized carbons (Fsp3) is 0.800. The van der Waals surface area contributed by atoms with Gasteiger partial charge < -0.3 is 0 Å². The number of hydrogen-bond acceptors (Lipinski definition) is 1. The van der Waals surface area contributed by atoms with Gasteiger partial charge in [-0.2, -0.15) is 0 Å². The van der Waals surface area contributed by atoms with Crippen LogP contribution < -0.4 is 0 Å². The van der Waals surface area contributed by atoms with Gasteiger partial charge in [0.05, 0.1) is 0 Å². The zero-order valence-corrected chi connectivity index (χ0v) is 5.57. The molecular weight excluding hydrogens is 105 g/mol. The Morgan fingerprint density at radius 2 is 2.57 bits per heavy atom. The van der Waals surface area contributed by atoms with E-state index in [9.17, 15) is 0 Å². The molecule has 0 bridgehead atoms. The third kappa shape index (κ3) is 1.56. The molecule has 0 spiro atoms. The molecule has 0 aromatic heterocycles. The van der Waals surface area contributed by atoms with Crippen LogP contribution in [-0.2, 0) is 0 Å². The summed E-state index contributed by atoms with van der Waals surface area (Å²) in [5.74, 6) is 0. The molecule has 0 aromatic carbocycles. The van der Waals surface area contributed by atoms with Crippen molar-refractivity contribution in [2.75, 3.05) is 12.7 Å². The minimum atomic E-state index is 1.03. The van der Waals surface area contributed by atoms with E-state index in [1.54, 1.807) is 0 Å². The molecule has 40 valence electrons. The number of hydrogen-bond donors (Lipinski definition) is 0. The third-order valence-electron chi connectivity index (χ3n) is 1.06. The zero-order valence-electron chi connectivity index (χ0n) is 4.57. The molecule has 0 amide bonds. The maximum Gasteiger partial charge on any atom is 0.0396 e. The van der Waals surface area contributed by atoms with E-state index in [1.165, 1.54) is 18.0 Å². The minimum Gasteiger partial charge on any atom is -0.290 e. The van der Waals surface area contributed by atoms with E-state index in [-0.39, 0.29) is 0 Å². The number of nitrogens with zero attached hydrogens (tertiary/aromatic N) is 1. The maximum atomic E-state index is 4.26. The Kier molecular flexibility index (Phi) is 1.81. The summed E-state index contributed by atoms with van der Waals surface area (Å²) in [4.78, 5) is 4.26. The summed E-state index contributed by atoms with van der Waals surface area (Å²) in [5, 5.41) is 0. The third-order valence-corrected chi connectivity index (χ3v) is 2.34. The van der Waals surface area contributed by atoms with Gasteiger partial charge in [0, 0.05) is 12.0 Å². The standard InChI is InChI=1S/C5H10NP/c1-5-6-3-2-4-7-5/h7H,2-4H2,1H3. The molecule has 1 aliphatic rings. The molecule has 0 saturated carbocycles. The van der Waals surface area contributed by atoms with Crippen molar-refractivity contribution < 1.29 is 0 Å². The van der Waals surface area contributed by atoms with Crippen LogP contribution in [0.1, 0.15) is 13.3 Å². The predicted octanol–water partition coefficient (Wildman–Crippen LogP) is 1.49. The summed E-state index contributed by atoms with van der Waals surface area (Å²) < 4.78 is 0. The van der Waals surface area contributed by atoms with Gasteiger partial charge >= 0.3 is 0 Å². The molecule has 0 aliphatic carbocycles. The van der Waals surface area contributed by atoms with Gasteiger partial charge in [0.2, 0.25) is 0 Å². The Morgan fingerprint density at radius 1 is 1.71 bits per heavy atom. The fourth-order valence-electron chi connectivity index (χ4n) is 0.651. The SMILES string of the molecule is CC1=NCCCP1. The van der Waals surface area contributed by atoms with Crippen molar-refractivity contribution >= 4 is 14.0 Å². The Labute approximate surface area is 46.0 Å². The first-order valence-electron chi connectivity index (χ1n) is 2.64. The van der Waals surface area contributed by atoms with Crippen molar-refractivity contribution in [3.8, 4) is 0 Å². The van der Waals surface area contributed by atoms with Crippen molar-refractivity contribution in [3.63, 3.8) is 0 Å². The van der Waals surface area contributed by atoms with Gasteiger partial charge in [0.25, 0.3) is 0 Å². The number of rotatable bonds is 0. The largest absolute Gasteiger partial charge is 0.290 e. The van der Waals surface area contributed by atoms with Gasteiger partial charge in [0.15, 0.2) is 0 Å². The lowest BCUT2D eigenvalue weighted by Crippen LogP contribution is -1.95. The molecule has 1 unspecified atom stereocenters. The highest BCUT2D eigenvalue weighted by atomic mass is 31.1. The van der Waals surface area contributed by atoms with Crippen LogP contribution in [0.15, 0.2) is 4.99 Å². The summed E-state index contributed by atoms with van der Waals surface area (Å²) in [6.07, 6.45) is 2.70. The van der Waals surface area contributed by atoms with E-state index in [4.69, 9.17) is 0 Å². The summed E-state index contributed by atoms with van der Waals surface area (Å²) >= 11 is 0. The van der Waals surface area contributed by atoms with Crippen LogP contribution in [-0.4, -0.2) is 18.2 Å². The van der Waals surface area contributed by atoms with Crippen molar-refractivity contribution in [1.82, 2.24) is 0 Å². The van der Waals surface area contributed by atoms with Crippen LogP contribution in [0.4, 0.5) is 0 Å². The molecule has 1 aliphatic heterocycles. The highest BCUT2D eigenvalue weighted by Crippen LogP contribution is 2.17. The summed E-state index contributed by atoms with van der Waals surface area (Å²) in [6, 6.07) is 0. The lowest BCUT2D eigenvalue weighted by atomic mass is 10.5. The van der Waals surface area contributed by atoms with Crippen LogP contribution >= 0.6 is 8.58 Å². The van der Waals surface area contributed by atoms with Crippen LogP contribution in [0.25, 0.3) is 0 Å². The molecule has 1 heterocycles. The minimum absolute atomic E-state index is 1.03. The molecule has 1 rings (SSSR count). The Morgan fingerprint density at radius 3 is 2.86 bits per heavy atom. The zero-order chi connectivity index (χ0) is 5.11. The second-order valence-corrected chi connectivity index (χ2v) is 3.32. The monoisotopic (exact) mass is 115 g/mol. The van der Waals surface area contributed by atoms with Gasteiger partial charge in [-0.15, -0.1) is 0 Å². The molecule has 0 fully saturated rings. The van der Waals surface area contributed by atoms with E-state index in [1.807, 2.05) is 0 Å². The lowest BCUT2D eigenvalue weighted by molar-refractivity contribution is 0.934. The van der Waals surface area contributed by atoms with Crippen molar-refractivity contribution in [1.29, 1.82) is 0 Å². The molecule has 0 aromatic rings. The average Bonchev–Trinajstić information content (AvgIpc) is 1.69. The van der Waals surface area contributed by atoms with Crippen LogP contribution in [0.2, 0.25) is 0 Å². The van der Waals surface area contributed by atoms with Gasteiger partial charge in [0.1, 0.15) is 0 Å². The summed E-state index contributed by atoms with van der Waals surface area (Å²) in [5.41, 5.74) is 1.37. The van der Waals surface area contributed by atoms with E-state index in [0.29, 0.717) is 0 Å². The van der Waals surface area contributed by atoms with E-state index in [0.717, 1.165) is 15.1 Å². The first-order chi connectivity index (χ1) is 3.39. The quantitative estimate of drug-likeness (QED) is 0.424. The number of aliphatic imine (C=N–C) groups is 1. The Bertz CT molecular complexity index is 88.1. The van der Waals surface area contributed by atoms with Crippen molar-refractivity contribution in [2.45, 2.75) is 13.3 Å². The molecule has 7 heavy (non-hydrogen) atoms. The van der Waals surface area contributed by atoms with Crippen molar-refractivity contribution in [2.24, 2.45) is 4.99 Å². The topological polar surface area (TPSA) is 12.4 Å². The van der Waals surface area contributed by atoms with E-state index < -0.39 is 0 Å². The van der Waals surface area contributed by atoms with Crippen LogP contribution in [0.3, 0.4) is 0 Å². The lowest BCUT2D eigenvalue weighted by Gasteiger charge is -2.05. The molecular formula is C5H10NP. The summed E-state index contributed by atoms with van der Waals surface area (Å²) in [7, 11) is 1.03. The first-order valence-corrected chi connectivity index (χ1v) is 3.85. The van der Waals surface area contributed by atoms with Gasteiger partial charge in [-0.3, -0.25) is 4.99 Å². The average molecular weight is 115 g/mol. The molecule has 0 radical (unpaired) electrons. The normalized spacial score (nSPS) is 25.0. The van der Waals surface area contributed by atoms with E-state index in [2.05, 4.69) is 11.9 Å². The second-order valence-electron chi connectivity index (χ2n) is 1.75. The Hall–Kier alpha value is 0.100. The second kappa shape index (κ2) is 2.42. The smallest absolute Gasteiger partial charge is 0.0396 e. The fourth-order valence-corrected chi connectivity index (χ4v) is 1.57. The van der Waals surface area contributed by atoms with Gasteiger partial charge in [-0.1, -0.05) is 8.58 Å². The molecule has 0 saturated heterocycles. The molecule has 1 nitrogen and oxygen atoms in total.